The zero-order valence-corrected chi connectivity index (χ0v) is 19.9. The number of pyridine rings is 3. The standard InChI is InChI=1S/C25H19F3N8O/c1-13-19(6-7-21(34-13)37-3)36-22-16-8-14(15-9-17(25(26,27)28)23(30)32-10-15)4-5-18(16)31-11-20(22)35(2)24(36)33-12-29/h4-11H,1-3H3,(H2,30,32). The van der Waals surface area contributed by atoms with Gasteiger partial charge in [0.1, 0.15) is 5.82 Å². The number of nitriles is 1. The molecule has 0 radical (unpaired) electrons. The van der Waals surface area contributed by atoms with Gasteiger partial charge in [-0.05, 0) is 36.8 Å². The van der Waals surface area contributed by atoms with Crippen molar-refractivity contribution in [2.45, 2.75) is 13.1 Å². The van der Waals surface area contributed by atoms with Crippen molar-refractivity contribution in [1.82, 2.24) is 24.1 Å². The van der Waals surface area contributed by atoms with Crippen molar-refractivity contribution in [2.75, 3.05) is 12.8 Å². The van der Waals surface area contributed by atoms with Gasteiger partial charge >= 0.3 is 6.18 Å². The highest BCUT2D eigenvalue weighted by Crippen LogP contribution is 2.36. The fourth-order valence-corrected chi connectivity index (χ4v) is 4.32. The van der Waals surface area contributed by atoms with Crippen molar-refractivity contribution in [3.8, 4) is 28.9 Å². The van der Waals surface area contributed by atoms with Crippen molar-refractivity contribution in [1.29, 1.82) is 5.26 Å². The number of imidazole rings is 1. The molecular formula is C25H19F3N8O. The molecule has 0 bridgehead atoms. The van der Waals surface area contributed by atoms with Crippen LogP contribution < -0.4 is 16.1 Å². The summed E-state index contributed by atoms with van der Waals surface area (Å²) in [6.45, 7) is 1.80. The second-order valence-corrected chi connectivity index (χ2v) is 8.24. The number of benzene rings is 1. The first-order chi connectivity index (χ1) is 17.6. The summed E-state index contributed by atoms with van der Waals surface area (Å²) in [5.74, 6) is -0.168. The van der Waals surface area contributed by atoms with E-state index in [9.17, 15) is 18.4 Å². The number of rotatable bonds is 3. The number of nitrogens with zero attached hydrogens (tertiary/aromatic N) is 7. The van der Waals surface area contributed by atoms with E-state index in [1.54, 1.807) is 59.6 Å². The van der Waals surface area contributed by atoms with Crippen LogP contribution >= 0.6 is 0 Å². The lowest BCUT2D eigenvalue weighted by molar-refractivity contribution is -0.137. The molecule has 186 valence electrons. The molecular weight excluding hydrogens is 485 g/mol. The number of halogens is 3. The monoisotopic (exact) mass is 504 g/mol. The van der Waals surface area contributed by atoms with Crippen LogP contribution in [0.2, 0.25) is 0 Å². The van der Waals surface area contributed by atoms with Crippen LogP contribution in [0.25, 0.3) is 38.8 Å². The number of hydrogen-bond donors (Lipinski definition) is 1. The Balaban J connectivity index is 1.87. The predicted molar refractivity (Wildman–Crippen MR) is 130 cm³/mol. The zero-order chi connectivity index (χ0) is 26.5. The molecule has 5 aromatic rings. The van der Waals surface area contributed by atoms with Crippen molar-refractivity contribution in [2.24, 2.45) is 12.0 Å². The van der Waals surface area contributed by atoms with Gasteiger partial charge in [0, 0.05) is 30.3 Å². The number of nitrogen functional groups attached to an aromatic ring is 1. The van der Waals surface area contributed by atoms with Gasteiger partial charge in [0.15, 0.2) is 0 Å². The van der Waals surface area contributed by atoms with Crippen LogP contribution in [0, 0.1) is 18.4 Å². The molecule has 0 atom stereocenters. The van der Waals surface area contributed by atoms with Gasteiger partial charge in [-0.3, -0.25) is 9.55 Å². The fourth-order valence-electron chi connectivity index (χ4n) is 4.32. The smallest absolute Gasteiger partial charge is 0.419 e. The molecule has 2 N–H and O–H groups in total. The molecule has 1 aromatic carbocycles. The Hall–Kier alpha value is -4.92. The summed E-state index contributed by atoms with van der Waals surface area (Å²) < 4.78 is 49.1. The largest absolute Gasteiger partial charge is 0.481 e. The Morgan fingerprint density at radius 2 is 1.86 bits per heavy atom. The van der Waals surface area contributed by atoms with Gasteiger partial charge < -0.3 is 15.0 Å². The molecule has 0 spiro atoms. The highest BCUT2D eigenvalue weighted by molar-refractivity contribution is 6.04. The van der Waals surface area contributed by atoms with Crippen LogP contribution in [0.3, 0.4) is 0 Å². The number of fused-ring (bicyclic) bond motifs is 3. The van der Waals surface area contributed by atoms with E-state index in [2.05, 4.69) is 19.9 Å². The van der Waals surface area contributed by atoms with E-state index in [4.69, 9.17) is 10.5 Å². The summed E-state index contributed by atoms with van der Waals surface area (Å²) in [6, 6.07) is 9.58. The molecule has 9 nitrogen and oxygen atoms in total. The van der Waals surface area contributed by atoms with Crippen LogP contribution in [-0.4, -0.2) is 31.2 Å². The van der Waals surface area contributed by atoms with Gasteiger partial charge in [0.05, 0.1) is 46.8 Å². The molecule has 4 heterocycles. The van der Waals surface area contributed by atoms with E-state index in [-0.39, 0.29) is 5.56 Å². The third-order valence-corrected chi connectivity index (χ3v) is 6.09. The van der Waals surface area contributed by atoms with Crippen molar-refractivity contribution < 1.29 is 17.9 Å². The molecule has 0 aliphatic heterocycles. The second kappa shape index (κ2) is 8.63. The molecule has 0 amide bonds. The fraction of sp³-hybridized carbons (Fsp3) is 0.160. The Morgan fingerprint density at radius 1 is 1.08 bits per heavy atom. The lowest BCUT2D eigenvalue weighted by Gasteiger charge is -2.13. The highest BCUT2D eigenvalue weighted by Gasteiger charge is 2.34. The minimum Gasteiger partial charge on any atom is -0.481 e. The van der Waals surface area contributed by atoms with E-state index in [1.165, 1.54) is 13.3 Å². The first-order valence-corrected chi connectivity index (χ1v) is 10.9. The van der Waals surface area contributed by atoms with Crippen LogP contribution in [0.15, 0.2) is 53.8 Å². The van der Waals surface area contributed by atoms with Crippen molar-refractivity contribution in [3.63, 3.8) is 0 Å². The summed E-state index contributed by atoms with van der Waals surface area (Å²) in [5, 5.41) is 10.0. The lowest BCUT2D eigenvalue weighted by Crippen LogP contribution is -2.23. The molecule has 0 saturated heterocycles. The van der Waals surface area contributed by atoms with Gasteiger partial charge in [-0.15, -0.1) is 4.99 Å². The first-order valence-electron chi connectivity index (χ1n) is 10.9. The predicted octanol–water partition coefficient (Wildman–Crippen LogP) is 4.27. The lowest BCUT2D eigenvalue weighted by atomic mass is 10.0. The average Bonchev–Trinajstić information content (AvgIpc) is 3.15. The summed E-state index contributed by atoms with van der Waals surface area (Å²) in [6.07, 6.45) is 0.149. The minimum atomic E-state index is -4.65. The highest BCUT2D eigenvalue weighted by atomic mass is 19.4. The second-order valence-electron chi connectivity index (χ2n) is 8.24. The molecule has 0 saturated carbocycles. The number of nitrogens with two attached hydrogens (primary N) is 1. The Bertz CT molecular complexity index is 1810. The van der Waals surface area contributed by atoms with Gasteiger partial charge in [0.2, 0.25) is 17.7 Å². The topological polar surface area (TPSA) is 120 Å². The summed E-state index contributed by atoms with van der Waals surface area (Å²) >= 11 is 0. The van der Waals surface area contributed by atoms with Gasteiger partial charge in [0.25, 0.3) is 0 Å². The van der Waals surface area contributed by atoms with E-state index in [0.29, 0.717) is 50.4 Å². The molecule has 4 aromatic heterocycles. The third-order valence-electron chi connectivity index (χ3n) is 6.09. The number of alkyl halides is 3. The van der Waals surface area contributed by atoms with Crippen LogP contribution in [0.5, 0.6) is 5.88 Å². The van der Waals surface area contributed by atoms with E-state index in [0.717, 1.165) is 6.07 Å². The summed E-state index contributed by atoms with van der Waals surface area (Å²) in [7, 11) is 3.26. The molecule has 12 heteroatoms. The number of aromatic nitrogens is 5. The maximum absolute atomic E-state index is 13.5. The molecule has 0 unspecified atom stereocenters. The Morgan fingerprint density at radius 3 is 2.54 bits per heavy atom. The minimum absolute atomic E-state index is 0.243. The van der Waals surface area contributed by atoms with Gasteiger partial charge in [-0.25, -0.2) is 9.97 Å². The average molecular weight is 504 g/mol. The van der Waals surface area contributed by atoms with Gasteiger partial charge in [-0.2, -0.15) is 18.4 Å². The normalized spacial score (nSPS) is 12.3. The quantitative estimate of drug-likeness (QED) is 0.367. The summed E-state index contributed by atoms with van der Waals surface area (Å²) in [4.78, 5) is 16.8. The first kappa shape index (κ1) is 23.8. The van der Waals surface area contributed by atoms with Crippen LogP contribution in [0.1, 0.15) is 11.3 Å². The molecule has 5 rings (SSSR count). The maximum atomic E-state index is 13.5. The van der Waals surface area contributed by atoms with Crippen LogP contribution in [0.4, 0.5) is 19.0 Å². The van der Waals surface area contributed by atoms with Crippen molar-refractivity contribution in [3.05, 3.63) is 65.7 Å². The van der Waals surface area contributed by atoms with E-state index >= 15 is 0 Å². The zero-order valence-electron chi connectivity index (χ0n) is 19.9. The SMILES string of the molecule is COc1ccc(-n2c(=NC#N)n(C)c3cnc4ccc(-c5cnc(N)c(C(F)(F)F)c5)cc4c32)c(C)n1. The Kier molecular flexibility index (Phi) is 5.55. The number of anilines is 1. The van der Waals surface area contributed by atoms with E-state index < -0.39 is 17.6 Å². The maximum Gasteiger partial charge on any atom is 0.419 e. The molecule has 0 aliphatic carbocycles. The van der Waals surface area contributed by atoms with Crippen molar-refractivity contribution >= 4 is 27.8 Å². The molecule has 0 fully saturated rings. The van der Waals surface area contributed by atoms with Crippen LogP contribution in [-0.2, 0) is 13.2 Å². The summed E-state index contributed by atoms with van der Waals surface area (Å²) in [5.41, 5.74) is 8.69. The van der Waals surface area contributed by atoms with E-state index in [1.807, 2.05) is 6.19 Å². The molecule has 37 heavy (non-hydrogen) atoms. The Labute approximate surface area is 207 Å². The van der Waals surface area contributed by atoms with Gasteiger partial charge in [-0.1, -0.05) is 6.07 Å². The third kappa shape index (κ3) is 3.90. The number of methoxy groups -OCH3 is 1. The number of aryl methyl sites for hydroxylation is 2. The number of hydrogen-bond acceptors (Lipinski definition) is 7. The number of ether oxygens (including phenoxy) is 1. The molecule has 0 aliphatic rings.